The molecule has 1 N–H and O–H groups in total. The van der Waals surface area contributed by atoms with Gasteiger partial charge in [0.15, 0.2) is 0 Å². The van der Waals surface area contributed by atoms with E-state index in [2.05, 4.69) is 106 Å². The van der Waals surface area contributed by atoms with E-state index in [9.17, 15) is 0 Å². The first-order valence-electron chi connectivity index (χ1n) is 15.2. The van der Waals surface area contributed by atoms with E-state index < -0.39 is 5.60 Å². The normalized spacial score (nSPS) is 11.2. The highest BCUT2D eigenvalue weighted by molar-refractivity contribution is 5.31. The third-order valence-corrected chi connectivity index (χ3v) is 5.93. The molecule has 3 aromatic carbocycles. The molecule has 3 heteroatoms. The number of hydrogen-bond acceptors (Lipinski definition) is 3. The Morgan fingerprint density at radius 2 is 1.25 bits per heavy atom. The minimum absolute atomic E-state index is 0.450. The van der Waals surface area contributed by atoms with Gasteiger partial charge in [-0.1, -0.05) is 127 Å². The lowest BCUT2D eigenvalue weighted by Crippen LogP contribution is -2.19. The molecule has 3 aromatic rings. The molecule has 0 amide bonds. The first kappa shape index (κ1) is 37.4. The molecule has 0 aliphatic rings. The van der Waals surface area contributed by atoms with Gasteiger partial charge >= 0.3 is 0 Å². The van der Waals surface area contributed by atoms with Crippen LogP contribution in [0.2, 0.25) is 0 Å². The second kappa shape index (κ2) is 23.1. The number of ether oxygens (including phenoxy) is 1. The predicted molar refractivity (Wildman–Crippen MR) is 177 cm³/mol. The Labute approximate surface area is 247 Å². The van der Waals surface area contributed by atoms with E-state index in [0.717, 1.165) is 44.1 Å². The lowest BCUT2D eigenvalue weighted by molar-refractivity contribution is 0.0703. The van der Waals surface area contributed by atoms with Crippen molar-refractivity contribution in [3.05, 3.63) is 102 Å². The van der Waals surface area contributed by atoms with Crippen LogP contribution >= 0.6 is 0 Å². The van der Waals surface area contributed by atoms with Gasteiger partial charge in [0, 0.05) is 6.54 Å². The molecule has 0 aliphatic heterocycles. The van der Waals surface area contributed by atoms with Crippen LogP contribution in [0.25, 0.3) is 0 Å². The summed E-state index contributed by atoms with van der Waals surface area (Å²) < 4.78 is 5.68. The number of hydrogen-bond donors (Lipinski definition) is 1. The first-order chi connectivity index (χ1) is 19.1. The molecule has 1 atom stereocenters. The Bertz CT molecular complexity index is 931. The van der Waals surface area contributed by atoms with Crippen LogP contribution in [0.15, 0.2) is 84.9 Å². The third kappa shape index (κ3) is 21.2. The van der Waals surface area contributed by atoms with Gasteiger partial charge in [-0.3, -0.25) is 0 Å². The Balaban J connectivity index is 0.000000611. The van der Waals surface area contributed by atoms with E-state index in [1.165, 1.54) is 36.0 Å². The van der Waals surface area contributed by atoms with Crippen LogP contribution in [-0.2, 0) is 6.42 Å². The molecule has 40 heavy (non-hydrogen) atoms. The van der Waals surface area contributed by atoms with E-state index in [1.54, 1.807) is 0 Å². The predicted octanol–water partition coefficient (Wildman–Crippen LogP) is 9.78. The summed E-state index contributed by atoms with van der Waals surface area (Å²) in [5.41, 5.74) is 3.67. The van der Waals surface area contributed by atoms with Crippen molar-refractivity contribution < 1.29 is 9.84 Å². The number of rotatable bonds is 11. The van der Waals surface area contributed by atoms with Crippen molar-refractivity contribution in [1.29, 1.82) is 0 Å². The number of nitrogens with zero attached hydrogens (tertiary/aromatic N) is 1. The van der Waals surface area contributed by atoms with Crippen molar-refractivity contribution in [3.63, 3.8) is 0 Å². The maximum absolute atomic E-state index is 9.02. The van der Waals surface area contributed by atoms with E-state index >= 15 is 0 Å². The second-order valence-corrected chi connectivity index (χ2v) is 11.3. The van der Waals surface area contributed by atoms with Gasteiger partial charge in [0.2, 0.25) is 0 Å². The molecule has 0 radical (unpaired) electrons. The molecule has 0 heterocycles. The number of likely N-dealkylation sites (N-methyl/N-ethyl adjacent to an activating group) is 1. The van der Waals surface area contributed by atoms with Gasteiger partial charge in [-0.05, 0) is 81.9 Å². The maximum Gasteiger partial charge on any atom is 0.119 e. The monoisotopic (exact) mass is 549 g/mol. The first-order valence-corrected chi connectivity index (χ1v) is 15.2. The Morgan fingerprint density at radius 1 is 0.750 bits per heavy atom. The number of benzene rings is 3. The van der Waals surface area contributed by atoms with Crippen LogP contribution in [0.4, 0.5) is 0 Å². The molecule has 224 valence electrons. The summed E-state index contributed by atoms with van der Waals surface area (Å²) in [4.78, 5) is 2.11. The van der Waals surface area contributed by atoms with Gasteiger partial charge in [0.1, 0.15) is 12.4 Å². The lowest BCUT2D eigenvalue weighted by Gasteiger charge is -2.14. The van der Waals surface area contributed by atoms with Crippen molar-refractivity contribution in [2.24, 2.45) is 0 Å². The molecule has 0 aliphatic carbocycles. The fraction of sp³-hybridized carbons (Fsp3) is 0.514. The molecule has 0 saturated carbocycles. The average molecular weight is 550 g/mol. The van der Waals surface area contributed by atoms with Gasteiger partial charge in [-0.2, -0.15) is 0 Å². The van der Waals surface area contributed by atoms with Crippen molar-refractivity contribution in [1.82, 2.24) is 4.90 Å². The molecule has 3 nitrogen and oxygen atoms in total. The van der Waals surface area contributed by atoms with Crippen LogP contribution < -0.4 is 4.74 Å². The fourth-order valence-corrected chi connectivity index (χ4v) is 3.87. The molecule has 3 rings (SSSR count). The zero-order valence-corrected chi connectivity index (χ0v) is 27.1. The highest BCUT2D eigenvalue weighted by Gasteiger charge is 2.08. The second-order valence-electron chi connectivity index (χ2n) is 11.3. The van der Waals surface area contributed by atoms with E-state index in [0.29, 0.717) is 0 Å². The summed E-state index contributed by atoms with van der Waals surface area (Å²) >= 11 is 0. The van der Waals surface area contributed by atoms with Gasteiger partial charge in [0.05, 0.1) is 5.60 Å². The minimum atomic E-state index is -0.450. The van der Waals surface area contributed by atoms with Crippen molar-refractivity contribution in [3.8, 4) is 5.75 Å². The van der Waals surface area contributed by atoms with Gasteiger partial charge in [-0.25, -0.2) is 0 Å². The molecule has 1 unspecified atom stereocenters. The van der Waals surface area contributed by atoms with Crippen LogP contribution in [0.5, 0.6) is 5.75 Å². The van der Waals surface area contributed by atoms with Crippen LogP contribution in [0.3, 0.4) is 0 Å². The van der Waals surface area contributed by atoms with E-state index in [1.807, 2.05) is 46.1 Å². The summed E-state index contributed by atoms with van der Waals surface area (Å²) in [7, 11) is 4.10. The van der Waals surface area contributed by atoms with Crippen LogP contribution in [-0.4, -0.2) is 42.9 Å². The summed E-state index contributed by atoms with van der Waals surface area (Å²) in [6, 6.07) is 29.6. The quantitative estimate of drug-likeness (QED) is 0.258. The lowest BCUT2D eigenvalue weighted by atomic mass is 9.97. The molecular weight excluding hydrogens is 490 g/mol. The van der Waals surface area contributed by atoms with Crippen LogP contribution in [0.1, 0.15) is 103 Å². The highest BCUT2D eigenvalue weighted by Crippen LogP contribution is 2.19. The molecule has 0 spiro atoms. The Morgan fingerprint density at radius 3 is 1.68 bits per heavy atom. The topological polar surface area (TPSA) is 32.7 Å². The van der Waals surface area contributed by atoms with E-state index in [4.69, 9.17) is 9.84 Å². The van der Waals surface area contributed by atoms with Gasteiger partial charge < -0.3 is 14.7 Å². The summed E-state index contributed by atoms with van der Waals surface area (Å²) in [5, 5.41) is 9.02. The van der Waals surface area contributed by atoms with Gasteiger partial charge in [0.25, 0.3) is 0 Å². The highest BCUT2D eigenvalue weighted by atomic mass is 16.5. The Hall–Kier alpha value is -2.62. The van der Waals surface area contributed by atoms with Crippen molar-refractivity contribution in [2.45, 2.75) is 98.5 Å². The van der Waals surface area contributed by atoms with Crippen molar-refractivity contribution >= 4 is 0 Å². The molecule has 0 aromatic heterocycles. The standard InChI is InChI=1S/C17H21NO.C11H16.C6H14O.C3H8/c1-18(2)12-13-19-17-10-8-16(9-11-17)14-15-6-4-3-5-7-15;1-3-7-10(2)11-8-5-4-6-9-11;1-4-5-6(2,3)7;1-3-2/h3-11H,12-14H2,1-2H3;4-6,8-10H,3,7H2,1-2H3;7H,4-5H2,1-3H3;3H2,1-2H3. The van der Waals surface area contributed by atoms with Gasteiger partial charge in [-0.15, -0.1) is 0 Å². The molecule has 0 fully saturated rings. The van der Waals surface area contributed by atoms with Crippen LogP contribution in [0, 0.1) is 0 Å². The zero-order valence-electron chi connectivity index (χ0n) is 27.1. The summed E-state index contributed by atoms with van der Waals surface area (Å²) in [5.74, 6) is 1.67. The smallest absolute Gasteiger partial charge is 0.119 e. The molecule has 0 bridgehead atoms. The average Bonchev–Trinajstić information content (AvgIpc) is 2.91. The minimum Gasteiger partial charge on any atom is -0.492 e. The fourth-order valence-electron chi connectivity index (χ4n) is 3.87. The number of aliphatic hydroxyl groups is 1. The zero-order chi connectivity index (χ0) is 30.2. The Kier molecular flexibility index (Phi) is 21.6. The molecular formula is C37H59NO2. The van der Waals surface area contributed by atoms with Crippen molar-refractivity contribution in [2.75, 3.05) is 27.2 Å². The summed E-state index contributed by atoms with van der Waals surface area (Å²) in [6.45, 7) is 16.2. The largest absolute Gasteiger partial charge is 0.492 e. The summed E-state index contributed by atoms with van der Waals surface area (Å²) in [6.07, 6.45) is 6.75. The maximum atomic E-state index is 9.02. The third-order valence-electron chi connectivity index (χ3n) is 5.93. The molecule has 0 saturated heterocycles. The van der Waals surface area contributed by atoms with E-state index in [-0.39, 0.29) is 0 Å². The SMILES string of the molecule is CCC.CCCC(C)(C)O.CCCC(C)c1ccccc1.CN(C)CCOc1ccc(Cc2ccccc2)cc1.